The van der Waals surface area contributed by atoms with E-state index in [2.05, 4.69) is 0 Å². The summed E-state index contributed by atoms with van der Waals surface area (Å²) >= 11 is 0. The van der Waals surface area contributed by atoms with E-state index in [-0.39, 0.29) is 5.60 Å². The molecule has 1 N–H and O–H groups in total. The van der Waals surface area contributed by atoms with Crippen LogP contribution in [0.4, 0.5) is 0 Å². The maximum Gasteiger partial charge on any atom is 0.126 e. The van der Waals surface area contributed by atoms with Gasteiger partial charge in [0.2, 0.25) is 0 Å². The minimum Gasteiger partial charge on any atom is -0.487 e. The van der Waals surface area contributed by atoms with E-state index in [1.54, 1.807) is 0 Å². The van der Waals surface area contributed by atoms with Crippen LogP contribution in [0, 0.1) is 0 Å². The van der Waals surface area contributed by atoms with Crippen molar-refractivity contribution in [2.75, 3.05) is 0 Å². The van der Waals surface area contributed by atoms with Gasteiger partial charge in [-0.15, -0.1) is 0 Å². The second kappa shape index (κ2) is 2.74. The Morgan fingerprint density at radius 3 is 2.57 bits per heavy atom. The fourth-order valence-corrected chi connectivity index (χ4v) is 2.26. The van der Waals surface area contributed by atoms with Crippen molar-refractivity contribution in [3.8, 4) is 5.75 Å². The van der Waals surface area contributed by atoms with Gasteiger partial charge in [-0.3, -0.25) is 0 Å². The van der Waals surface area contributed by atoms with Crippen LogP contribution in [-0.2, 0) is 5.60 Å². The Bertz CT molecular complexity index is 353. The Morgan fingerprint density at radius 2 is 1.86 bits per heavy atom. The van der Waals surface area contributed by atoms with Crippen molar-refractivity contribution in [2.45, 2.75) is 38.4 Å². The highest BCUT2D eigenvalue weighted by Crippen LogP contribution is 2.42. The average molecular weight is 192 g/mol. The van der Waals surface area contributed by atoms with Gasteiger partial charge in [-0.05, 0) is 26.8 Å². The smallest absolute Gasteiger partial charge is 0.126 e. The first kappa shape index (κ1) is 9.53. The SMILES string of the molecule is CC1(C)CC(C)(O)c2ccccc2O1. The van der Waals surface area contributed by atoms with Gasteiger partial charge in [-0.2, -0.15) is 0 Å². The minimum atomic E-state index is -0.779. The number of rotatable bonds is 0. The van der Waals surface area contributed by atoms with Gasteiger partial charge in [-0.25, -0.2) is 0 Å². The van der Waals surface area contributed by atoms with Crippen LogP contribution in [0.5, 0.6) is 5.75 Å². The number of benzene rings is 1. The van der Waals surface area contributed by atoms with Gasteiger partial charge in [0.15, 0.2) is 0 Å². The Hall–Kier alpha value is -1.02. The van der Waals surface area contributed by atoms with Crippen molar-refractivity contribution in [1.29, 1.82) is 0 Å². The van der Waals surface area contributed by atoms with Crippen LogP contribution >= 0.6 is 0 Å². The third-order valence-electron chi connectivity index (χ3n) is 2.62. The molecule has 0 aromatic heterocycles. The van der Waals surface area contributed by atoms with Gasteiger partial charge in [-0.1, -0.05) is 18.2 Å². The molecule has 1 aromatic carbocycles. The molecule has 0 saturated carbocycles. The lowest BCUT2D eigenvalue weighted by Crippen LogP contribution is -2.42. The largest absolute Gasteiger partial charge is 0.487 e. The number of fused-ring (bicyclic) bond motifs is 1. The molecule has 14 heavy (non-hydrogen) atoms. The van der Waals surface area contributed by atoms with Gasteiger partial charge in [0.1, 0.15) is 11.4 Å². The molecule has 1 heterocycles. The molecule has 0 saturated heterocycles. The summed E-state index contributed by atoms with van der Waals surface area (Å²) in [6.45, 7) is 5.84. The molecule has 0 spiro atoms. The first-order chi connectivity index (χ1) is 6.41. The Kier molecular flexibility index (Phi) is 1.86. The highest BCUT2D eigenvalue weighted by Gasteiger charge is 2.40. The van der Waals surface area contributed by atoms with Crippen molar-refractivity contribution >= 4 is 0 Å². The number of ether oxygens (including phenoxy) is 1. The lowest BCUT2D eigenvalue weighted by atomic mass is 9.82. The zero-order valence-electron chi connectivity index (χ0n) is 8.87. The summed E-state index contributed by atoms with van der Waals surface area (Å²) in [5.74, 6) is 0.800. The molecule has 1 aromatic rings. The molecule has 0 aliphatic carbocycles. The van der Waals surface area contributed by atoms with Crippen LogP contribution in [0.25, 0.3) is 0 Å². The summed E-state index contributed by atoms with van der Waals surface area (Å²) in [5.41, 5.74) is -0.185. The zero-order valence-corrected chi connectivity index (χ0v) is 8.87. The van der Waals surface area contributed by atoms with Crippen LogP contribution in [0.2, 0.25) is 0 Å². The monoisotopic (exact) mass is 192 g/mol. The van der Waals surface area contributed by atoms with Crippen LogP contribution in [-0.4, -0.2) is 10.7 Å². The Labute approximate surface area is 84.5 Å². The fourth-order valence-electron chi connectivity index (χ4n) is 2.26. The van der Waals surface area contributed by atoms with Gasteiger partial charge in [0.25, 0.3) is 0 Å². The molecule has 1 aliphatic rings. The molecule has 0 amide bonds. The molecule has 76 valence electrons. The third kappa shape index (κ3) is 1.50. The molecule has 0 radical (unpaired) electrons. The Balaban J connectivity index is 2.52. The highest BCUT2D eigenvalue weighted by atomic mass is 16.5. The second-order valence-electron chi connectivity index (χ2n) is 4.81. The number of hydrogen-bond donors (Lipinski definition) is 1. The standard InChI is InChI=1S/C12H16O2/c1-11(2)8-12(3,13)9-6-4-5-7-10(9)14-11/h4-7,13H,8H2,1-3H3. The van der Waals surface area contributed by atoms with E-state index in [0.717, 1.165) is 11.3 Å². The van der Waals surface area contributed by atoms with Crippen molar-refractivity contribution in [3.63, 3.8) is 0 Å². The van der Waals surface area contributed by atoms with Gasteiger partial charge < -0.3 is 9.84 Å². The van der Waals surface area contributed by atoms with E-state index in [4.69, 9.17) is 4.74 Å². The fraction of sp³-hybridized carbons (Fsp3) is 0.500. The molecular weight excluding hydrogens is 176 g/mol. The van der Waals surface area contributed by atoms with Gasteiger partial charge in [0.05, 0.1) is 5.60 Å². The topological polar surface area (TPSA) is 29.5 Å². The van der Waals surface area contributed by atoms with E-state index in [1.807, 2.05) is 45.0 Å². The van der Waals surface area contributed by atoms with Gasteiger partial charge in [0, 0.05) is 12.0 Å². The molecule has 0 bridgehead atoms. The predicted octanol–water partition coefficient (Wildman–Crippen LogP) is 2.46. The third-order valence-corrected chi connectivity index (χ3v) is 2.62. The van der Waals surface area contributed by atoms with E-state index >= 15 is 0 Å². The second-order valence-corrected chi connectivity index (χ2v) is 4.81. The summed E-state index contributed by atoms with van der Waals surface area (Å²) in [6.07, 6.45) is 0.622. The summed E-state index contributed by atoms with van der Waals surface area (Å²) in [7, 11) is 0. The molecule has 2 nitrogen and oxygen atoms in total. The normalized spacial score (nSPS) is 29.1. The average Bonchev–Trinajstić information content (AvgIpc) is 2.00. The molecule has 0 fully saturated rings. The van der Waals surface area contributed by atoms with Crippen molar-refractivity contribution in [3.05, 3.63) is 29.8 Å². The Morgan fingerprint density at radius 1 is 1.21 bits per heavy atom. The lowest BCUT2D eigenvalue weighted by molar-refractivity contribution is -0.0517. The summed E-state index contributed by atoms with van der Waals surface area (Å²) in [5, 5.41) is 10.3. The van der Waals surface area contributed by atoms with Crippen LogP contribution in [0.1, 0.15) is 32.8 Å². The van der Waals surface area contributed by atoms with E-state index in [0.29, 0.717) is 6.42 Å². The maximum atomic E-state index is 10.3. The first-order valence-corrected chi connectivity index (χ1v) is 4.92. The molecule has 1 unspecified atom stereocenters. The number of para-hydroxylation sites is 1. The summed E-state index contributed by atoms with van der Waals surface area (Å²) in [4.78, 5) is 0. The molecule has 1 aliphatic heterocycles. The summed E-state index contributed by atoms with van der Waals surface area (Å²) < 4.78 is 5.79. The maximum absolute atomic E-state index is 10.3. The van der Waals surface area contributed by atoms with Crippen molar-refractivity contribution < 1.29 is 9.84 Å². The minimum absolute atomic E-state index is 0.294. The quantitative estimate of drug-likeness (QED) is 0.684. The van der Waals surface area contributed by atoms with Crippen molar-refractivity contribution in [1.82, 2.24) is 0 Å². The number of hydrogen-bond acceptors (Lipinski definition) is 2. The first-order valence-electron chi connectivity index (χ1n) is 4.92. The van der Waals surface area contributed by atoms with E-state index in [9.17, 15) is 5.11 Å². The molecule has 1 atom stereocenters. The predicted molar refractivity (Wildman–Crippen MR) is 55.3 cm³/mol. The molecule has 2 heteroatoms. The lowest BCUT2D eigenvalue weighted by Gasteiger charge is -2.41. The molecule has 2 rings (SSSR count). The van der Waals surface area contributed by atoms with Gasteiger partial charge >= 0.3 is 0 Å². The molecular formula is C12H16O2. The number of aliphatic hydroxyl groups is 1. The summed E-state index contributed by atoms with van der Waals surface area (Å²) in [6, 6.07) is 7.68. The van der Waals surface area contributed by atoms with Crippen LogP contribution in [0.3, 0.4) is 0 Å². The highest BCUT2D eigenvalue weighted by molar-refractivity contribution is 5.40. The zero-order chi connectivity index (χ0) is 10.4. The van der Waals surface area contributed by atoms with Crippen molar-refractivity contribution in [2.24, 2.45) is 0 Å². The van der Waals surface area contributed by atoms with E-state index < -0.39 is 5.60 Å². The van der Waals surface area contributed by atoms with Crippen LogP contribution in [0.15, 0.2) is 24.3 Å². The van der Waals surface area contributed by atoms with Crippen LogP contribution < -0.4 is 4.74 Å². The van der Waals surface area contributed by atoms with E-state index in [1.165, 1.54) is 0 Å².